The summed E-state index contributed by atoms with van der Waals surface area (Å²) in [6.07, 6.45) is 1.39. The van der Waals surface area contributed by atoms with Gasteiger partial charge < -0.3 is 5.11 Å². The zero-order valence-electron chi connectivity index (χ0n) is 3.96. The summed E-state index contributed by atoms with van der Waals surface area (Å²) in [5.41, 5.74) is 0. The normalized spacial score (nSPS) is 38.9. The molecule has 1 saturated carbocycles. The van der Waals surface area contributed by atoms with Gasteiger partial charge in [0.05, 0.1) is 18.1 Å². The number of aliphatic hydroxyl groups excluding tert-OH is 1. The molecule has 2 atom stereocenters. The third-order valence-electron chi connectivity index (χ3n) is 1.40. The van der Waals surface area contributed by atoms with E-state index in [4.69, 9.17) is 10.4 Å². The van der Waals surface area contributed by atoms with E-state index in [0.717, 1.165) is 12.8 Å². The van der Waals surface area contributed by atoms with Gasteiger partial charge in [-0.2, -0.15) is 5.26 Å². The lowest BCUT2D eigenvalue weighted by Crippen LogP contribution is -2.29. The molecule has 0 radical (unpaired) electrons. The van der Waals surface area contributed by atoms with Gasteiger partial charge >= 0.3 is 0 Å². The number of hydrogen-bond acceptors (Lipinski definition) is 2. The SMILES string of the molecule is N#C[C@@H]1CC[C@H]1O. The van der Waals surface area contributed by atoms with Crippen LogP contribution < -0.4 is 0 Å². The smallest absolute Gasteiger partial charge is 0.0723 e. The van der Waals surface area contributed by atoms with Crippen molar-refractivity contribution in [2.75, 3.05) is 0 Å². The van der Waals surface area contributed by atoms with E-state index in [-0.39, 0.29) is 12.0 Å². The van der Waals surface area contributed by atoms with Gasteiger partial charge in [-0.1, -0.05) is 0 Å². The highest BCUT2D eigenvalue weighted by Gasteiger charge is 2.27. The van der Waals surface area contributed by atoms with Crippen molar-refractivity contribution in [2.24, 2.45) is 5.92 Å². The van der Waals surface area contributed by atoms with Gasteiger partial charge in [-0.15, -0.1) is 0 Å². The van der Waals surface area contributed by atoms with Crippen LogP contribution in [-0.4, -0.2) is 11.2 Å². The number of nitrogens with zero attached hydrogens (tertiary/aromatic N) is 1. The van der Waals surface area contributed by atoms with Gasteiger partial charge in [-0.3, -0.25) is 0 Å². The molecule has 1 rings (SSSR count). The fourth-order valence-corrected chi connectivity index (χ4v) is 0.633. The average Bonchev–Trinajstić information content (AvgIpc) is 1.65. The highest BCUT2D eigenvalue weighted by Crippen LogP contribution is 2.25. The molecule has 0 aromatic heterocycles. The third-order valence-corrected chi connectivity index (χ3v) is 1.40. The van der Waals surface area contributed by atoms with E-state index in [1.54, 1.807) is 0 Å². The standard InChI is InChI=1S/C5H7NO/c6-3-4-1-2-5(4)7/h4-5,7H,1-2H2/t4-,5+/m0/s1. The third kappa shape index (κ3) is 0.594. The monoisotopic (exact) mass is 97.1 g/mol. The van der Waals surface area contributed by atoms with Crippen LogP contribution in [0.1, 0.15) is 12.8 Å². The minimum absolute atomic E-state index is 0.0556. The first-order valence-corrected chi connectivity index (χ1v) is 2.42. The van der Waals surface area contributed by atoms with Crippen molar-refractivity contribution in [2.45, 2.75) is 18.9 Å². The molecule has 0 aromatic rings. The average molecular weight is 97.1 g/mol. The van der Waals surface area contributed by atoms with E-state index in [1.165, 1.54) is 0 Å². The largest absolute Gasteiger partial charge is 0.392 e. The Bertz CT molecular complexity index is 105. The lowest BCUT2D eigenvalue weighted by atomic mass is 9.83. The van der Waals surface area contributed by atoms with Crippen LogP contribution in [-0.2, 0) is 0 Å². The Morgan fingerprint density at radius 3 is 2.29 bits per heavy atom. The van der Waals surface area contributed by atoms with Crippen LogP contribution in [0.3, 0.4) is 0 Å². The molecule has 0 heterocycles. The number of rotatable bonds is 0. The minimum atomic E-state index is -0.315. The van der Waals surface area contributed by atoms with Crippen molar-refractivity contribution in [3.8, 4) is 6.07 Å². The number of hydrogen-bond donors (Lipinski definition) is 1. The molecule has 0 unspecified atom stereocenters. The molecule has 38 valence electrons. The fourth-order valence-electron chi connectivity index (χ4n) is 0.633. The molecular weight excluding hydrogens is 90.1 g/mol. The van der Waals surface area contributed by atoms with Crippen LogP contribution in [0, 0.1) is 17.2 Å². The maximum Gasteiger partial charge on any atom is 0.0723 e. The number of nitriles is 1. The Morgan fingerprint density at radius 1 is 1.57 bits per heavy atom. The summed E-state index contributed by atoms with van der Waals surface area (Å²) < 4.78 is 0. The minimum Gasteiger partial charge on any atom is -0.392 e. The molecule has 2 nitrogen and oxygen atoms in total. The van der Waals surface area contributed by atoms with E-state index in [1.807, 2.05) is 6.07 Å². The molecular formula is C5H7NO. The van der Waals surface area contributed by atoms with E-state index in [2.05, 4.69) is 0 Å². The fraction of sp³-hybridized carbons (Fsp3) is 0.800. The molecule has 0 amide bonds. The Hall–Kier alpha value is -0.550. The van der Waals surface area contributed by atoms with Crippen molar-refractivity contribution < 1.29 is 5.11 Å². The summed E-state index contributed by atoms with van der Waals surface area (Å²) in [6, 6.07) is 2.00. The van der Waals surface area contributed by atoms with Gasteiger partial charge in [0.1, 0.15) is 0 Å². The molecule has 0 aliphatic heterocycles. The van der Waals surface area contributed by atoms with E-state index in [0.29, 0.717) is 0 Å². The van der Waals surface area contributed by atoms with Crippen LogP contribution in [0.25, 0.3) is 0 Å². The first kappa shape index (κ1) is 4.61. The van der Waals surface area contributed by atoms with Crippen LogP contribution in [0.15, 0.2) is 0 Å². The topological polar surface area (TPSA) is 44.0 Å². The van der Waals surface area contributed by atoms with Crippen molar-refractivity contribution in [1.29, 1.82) is 5.26 Å². The lowest BCUT2D eigenvalue weighted by molar-refractivity contribution is 0.0539. The van der Waals surface area contributed by atoms with Crippen LogP contribution in [0.2, 0.25) is 0 Å². The summed E-state index contributed by atoms with van der Waals surface area (Å²) >= 11 is 0. The Balaban J connectivity index is 2.33. The van der Waals surface area contributed by atoms with Gasteiger partial charge in [0.15, 0.2) is 0 Å². The summed E-state index contributed by atoms with van der Waals surface area (Å²) in [6.45, 7) is 0. The Kier molecular flexibility index (Phi) is 0.994. The van der Waals surface area contributed by atoms with Gasteiger partial charge in [-0.25, -0.2) is 0 Å². The maximum absolute atomic E-state index is 8.69. The zero-order chi connectivity index (χ0) is 5.28. The molecule has 1 aliphatic rings. The first-order valence-electron chi connectivity index (χ1n) is 2.42. The molecule has 0 spiro atoms. The van der Waals surface area contributed by atoms with Gasteiger partial charge in [0.25, 0.3) is 0 Å². The highest BCUT2D eigenvalue weighted by atomic mass is 16.3. The van der Waals surface area contributed by atoms with Crippen molar-refractivity contribution in [3.05, 3.63) is 0 Å². The van der Waals surface area contributed by atoms with Crippen molar-refractivity contribution in [1.82, 2.24) is 0 Å². The molecule has 0 saturated heterocycles. The van der Waals surface area contributed by atoms with Gasteiger partial charge in [0.2, 0.25) is 0 Å². The molecule has 1 N–H and O–H groups in total. The molecule has 0 aromatic carbocycles. The van der Waals surface area contributed by atoms with Crippen molar-refractivity contribution >= 4 is 0 Å². The summed E-state index contributed by atoms with van der Waals surface area (Å²) in [5.74, 6) is -0.0556. The molecule has 0 bridgehead atoms. The second-order valence-electron chi connectivity index (χ2n) is 1.88. The van der Waals surface area contributed by atoms with Crippen LogP contribution in [0.4, 0.5) is 0 Å². The first-order chi connectivity index (χ1) is 3.34. The van der Waals surface area contributed by atoms with Crippen LogP contribution >= 0.6 is 0 Å². The molecule has 1 fully saturated rings. The quantitative estimate of drug-likeness (QED) is 0.472. The van der Waals surface area contributed by atoms with Crippen molar-refractivity contribution in [3.63, 3.8) is 0 Å². The summed E-state index contributed by atoms with van der Waals surface area (Å²) in [5, 5.41) is 16.8. The number of aliphatic hydroxyl groups is 1. The second kappa shape index (κ2) is 1.51. The van der Waals surface area contributed by atoms with E-state index in [9.17, 15) is 0 Å². The molecule has 7 heavy (non-hydrogen) atoms. The molecule has 2 heteroatoms. The Labute approximate surface area is 42.4 Å². The van der Waals surface area contributed by atoms with Gasteiger partial charge in [0, 0.05) is 0 Å². The maximum atomic E-state index is 8.69. The van der Waals surface area contributed by atoms with Crippen LogP contribution in [0.5, 0.6) is 0 Å². The predicted octanol–water partition coefficient (Wildman–Crippen LogP) is 0.281. The second-order valence-corrected chi connectivity index (χ2v) is 1.88. The molecule has 1 aliphatic carbocycles. The summed E-state index contributed by atoms with van der Waals surface area (Å²) in [4.78, 5) is 0. The van der Waals surface area contributed by atoms with Gasteiger partial charge in [-0.05, 0) is 12.8 Å². The highest BCUT2D eigenvalue weighted by molar-refractivity contribution is 4.95. The lowest BCUT2D eigenvalue weighted by Gasteiger charge is -2.25. The zero-order valence-corrected chi connectivity index (χ0v) is 3.96. The Morgan fingerprint density at radius 2 is 2.29 bits per heavy atom. The van der Waals surface area contributed by atoms with E-state index < -0.39 is 0 Å². The van der Waals surface area contributed by atoms with E-state index >= 15 is 0 Å². The predicted molar refractivity (Wildman–Crippen MR) is 24.3 cm³/mol. The summed E-state index contributed by atoms with van der Waals surface area (Å²) in [7, 11) is 0.